The Labute approximate surface area is 187 Å². The first-order chi connectivity index (χ1) is 15.7. The maximum atomic E-state index is 13.8. The van der Waals surface area contributed by atoms with Gasteiger partial charge in [0.1, 0.15) is 0 Å². The summed E-state index contributed by atoms with van der Waals surface area (Å²) in [6, 6.07) is 30.0. The van der Waals surface area contributed by atoms with Gasteiger partial charge in [-0.1, -0.05) is 91.0 Å². The van der Waals surface area contributed by atoms with E-state index in [0.29, 0.717) is 13.0 Å². The largest absolute Gasteiger partial charge is 0.312 e. The second-order valence-corrected chi connectivity index (χ2v) is 8.18. The SMILES string of the molecule is NC(c1ccccc1)N1CCc2ncn(C(c3ccccc3)c3ccccc3)c(=O)c2C1. The minimum Gasteiger partial charge on any atom is -0.312 e. The van der Waals surface area contributed by atoms with Crippen LogP contribution >= 0.6 is 0 Å². The Morgan fingerprint density at radius 1 is 0.781 bits per heavy atom. The van der Waals surface area contributed by atoms with Crippen LogP contribution < -0.4 is 11.3 Å². The van der Waals surface area contributed by atoms with E-state index < -0.39 is 0 Å². The predicted molar refractivity (Wildman–Crippen MR) is 126 cm³/mol. The minimum atomic E-state index is -0.253. The van der Waals surface area contributed by atoms with E-state index in [1.54, 1.807) is 10.9 Å². The molecule has 5 nitrogen and oxygen atoms in total. The molecule has 2 N–H and O–H groups in total. The number of fused-ring (bicyclic) bond motifs is 1. The van der Waals surface area contributed by atoms with E-state index >= 15 is 0 Å². The lowest BCUT2D eigenvalue weighted by molar-refractivity contribution is 0.179. The van der Waals surface area contributed by atoms with Crippen molar-refractivity contribution in [3.05, 3.63) is 136 Å². The molecule has 5 rings (SSSR count). The Morgan fingerprint density at radius 2 is 1.31 bits per heavy atom. The number of hydrogen-bond acceptors (Lipinski definition) is 4. The van der Waals surface area contributed by atoms with Gasteiger partial charge in [0.2, 0.25) is 0 Å². The first-order valence-electron chi connectivity index (χ1n) is 11.0. The van der Waals surface area contributed by atoms with Crippen LogP contribution in [-0.2, 0) is 13.0 Å². The van der Waals surface area contributed by atoms with Crippen LogP contribution in [0.1, 0.15) is 40.2 Å². The molecule has 1 aliphatic heterocycles. The first kappa shape index (κ1) is 20.4. The lowest BCUT2D eigenvalue weighted by Gasteiger charge is -2.33. The zero-order valence-electron chi connectivity index (χ0n) is 17.8. The van der Waals surface area contributed by atoms with Crippen molar-refractivity contribution in [2.75, 3.05) is 6.54 Å². The third kappa shape index (κ3) is 3.88. The third-order valence-electron chi connectivity index (χ3n) is 6.22. The Bertz CT molecular complexity index is 1200. The van der Waals surface area contributed by atoms with E-state index in [0.717, 1.165) is 34.5 Å². The van der Waals surface area contributed by atoms with Crippen LogP contribution in [0.5, 0.6) is 0 Å². The van der Waals surface area contributed by atoms with Crippen LogP contribution in [0, 0.1) is 0 Å². The number of rotatable bonds is 5. The van der Waals surface area contributed by atoms with Gasteiger partial charge in [0.15, 0.2) is 0 Å². The fourth-order valence-corrected chi connectivity index (χ4v) is 4.51. The first-order valence-corrected chi connectivity index (χ1v) is 11.0. The number of hydrogen-bond donors (Lipinski definition) is 1. The van der Waals surface area contributed by atoms with Gasteiger partial charge in [-0.05, 0) is 16.7 Å². The van der Waals surface area contributed by atoms with Crippen molar-refractivity contribution >= 4 is 0 Å². The summed E-state index contributed by atoms with van der Waals surface area (Å²) in [7, 11) is 0. The summed E-state index contributed by atoms with van der Waals surface area (Å²) in [5.74, 6) is 0. The molecule has 160 valence electrons. The highest BCUT2D eigenvalue weighted by Gasteiger charge is 2.27. The summed E-state index contributed by atoms with van der Waals surface area (Å²) < 4.78 is 1.76. The summed E-state index contributed by atoms with van der Waals surface area (Å²) in [4.78, 5) is 20.6. The van der Waals surface area contributed by atoms with Crippen LogP contribution in [0.25, 0.3) is 0 Å². The molecule has 0 saturated heterocycles. The normalized spacial score (nSPS) is 14.8. The van der Waals surface area contributed by atoms with Crippen molar-refractivity contribution in [2.24, 2.45) is 5.73 Å². The molecule has 0 spiro atoms. The van der Waals surface area contributed by atoms with Crippen molar-refractivity contribution in [1.82, 2.24) is 14.5 Å². The van der Waals surface area contributed by atoms with Crippen LogP contribution in [-0.4, -0.2) is 21.0 Å². The zero-order valence-corrected chi connectivity index (χ0v) is 17.8. The molecule has 0 bridgehead atoms. The molecule has 1 aliphatic rings. The highest BCUT2D eigenvalue weighted by Crippen LogP contribution is 2.27. The van der Waals surface area contributed by atoms with Gasteiger partial charge < -0.3 is 5.73 Å². The Hall–Kier alpha value is -3.54. The third-order valence-corrected chi connectivity index (χ3v) is 6.22. The molecule has 32 heavy (non-hydrogen) atoms. The summed E-state index contributed by atoms with van der Waals surface area (Å²) in [5.41, 5.74) is 11.3. The smallest absolute Gasteiger partial charge is 0.258 e. The molecule has 0 saturated carbocycles. The zero-order chi connectivity index (χ0) is 21.9. The van der Waals surface area contributed by atoms with E-state index in [9.17, 15) is 4.79 Å². The van der Waals surface area contributed by atoms with Crippen molar-refractivity contribution in [2.45, 2.75) is 25.2 Å². The van der Waals surface area contributed by atoms with Gasteiger partial charge in [0.25, 0.3) is 5.56 Å². The lowest BCUT2D eigenvalue weighted by atomic mass is 9.97. The van der Waals surface area contributed by atoms with Crippen LogP contribution in [0.15, 0.2) is 102 Å². The minimum absolute atomic E-state index is 0.00216. The number of nitrogens with zero attached hydrogens (tertiary/aromatic N) is 3. The number of benzene rings is 3. The molecule has 0 radical (unpaired) electrons. The standard InChI is InChI=1S/C27H26N4O/c28-26(22-14-8-3-9-15-22)30-17-16-24-23(18-30)27(32)31(19-29-24)25(20-10-4-1-5-11-20)21-12-6-2-7-13-21/h1-15,19,25-26H,16-18,28H2. The van der Waals surface area contributed by atoms with Crippen molar-refractivity contribution in [3.63, 3.8) is 0 Å². The molecule has 1 aromatic heterocycles. The monoisotopic (exact) mass is 422 g/mol. The quantitative estimate of drug-likeness (QED) is 0.530. The average Bonchev–Trinajstić information content (AvgIpc) is 2.87. The van der Waals surface area contributed by atoms with Crippen LogP contribution in [0.4, 0.5) is 0 Å². The maximum Gasteiger partial charge on any atom is 0.258 e. The van der Waals surface area contributed by atoms with Crippen molar-refractivity contribution in [1.29, 1.82) is 0 Å². The number of aromatic nitrogens is 2. The Balaban J connectivity index is 1.55. The van der Waals surface area contributed by atoms with E-state index in [2.05, 4.69) is 29.2 Å². The second kappa shape index (κ2) is 8.91. The molecule has 0 fully saturated rings. The molecule has 1 unspecified atom stereocenters. The van der Waals surface area contributed by atoms with Gasteiger partial charge in [-0.25, -0.2) is 4.98 Å². The van der Waals surface area contributed by atoms with Gasteiger partial charge in [0.05, 0.1) is 29.8 Å². The van der Waals surface area contributed by atoms with Crippen LogP contribution in [0.2, 0.25) is 0 Å². The van der Waals surface area contributed by atoms with Gasteiger partial charge >= 0.3 is 0 Å². The van der Waals surface area contributed by atoms with Crippen LogP contribution in [0.3, 0.4) is 0 Å². The molecule has 0 amide bonds. The van der Waals surface area contributed by atoms with Gasteiger partial charge in [0, 0.05) is 19.5 Å². The van der Waals surface area contributed by atoms with Gasteiger partial charge in [-0.15, -0.1) is 0 Å². The van der Waals surface area contributed by atoms with E-state index in [1.165, 1.54) is 0 Å². The number of nitrogens with two attached hydrogens (primary N) is 1. The fourth-order valence-electron chi connectivity index (χ4n) is 4.51. The highest BCUT2D eigenvalue weighted by molar-refractivity contribution is 5.34. The summed E-state index contributed by atoms with van der Waals surface area (Å²) in [6.07, 6.45) is 2.17. The molecular weight excluding hydrogens is 396 g/mol. The molecule has 0 aliphatic carbocycles. The summed E-state index contributed by atoms with van der Waals surface area (Å²) in [5, 5.41) is 0. The van der Waals surface area contributed by atoms with Crippen molar-refractivity contribution in [3.8, 4) is 0 Å². The fraction of sp³-hybridized carbons (Fsp3) is 0.185. The van der Waals surface area contributed by atoms with Gasteiger partial charge in [-0.2, -0.15) is 0 Å². The molecular formula is C27H26N4O. The van der Waals surface area contributed by atoms with E-state index in [4.69, 9.17) is 10.7 Å². The average molecular weight is 423 g/mol. The Kier molecular flexibility index (Phi) is 5.67. The highest BCUT2D eigenvalue weighted by atomic mass is 16.1. The van der Waals surface area contributed by atoms with Gasteiger partial charge in [-0.3, -0.25) is 14.3 Å². The molecule has 3 aromatic carbocycles. The maximum absolute atomic E-state index is 13.8. The summed E-state index contributed by atoms with van der Waals surface area (Å²) in [6.45, 7) is 1.27. The predicted octanol–water partition coefficient (Wildman–Crippen LogP) is 3.90. The molecule has 4 aromatic rings. The van der Waals surface area contributed by atoms with Crippen molar-refractivity contribution < 1.29 is 0 Å². The molecule has 2 heterocycles. The molecule has 1 atom stereocenters. The van der Waals surface area contributed by atoms with E-state index in [1.807, 2.05) is 66.7 Å². The summed E-state index contributed by atoms with van der Waals surface area (Å²) >= 11 is 0. The topological polar surface area (TPSA) is 64.2 Å². The lowest BCUT2D eigenvalue weighted by Crippen LogP contribution is -2.43. The Morgan fingerprint density at radius 3 is 1.88 bits per heavy atom. The van der Waals surface area contributed by atoms with E-state index in [-0.39, 0.29) is 17.8 Å². The second-order valence-electron chi connectivity index (χ2n) is 8.18. The molecule has 5 heteroatoms.